The molecule has 0 aromatic heterocycles. The summed E-state index contributed by atoms with van der Waals surface area (Å²) in [5, 5.41) is 5.84. The van der Waals surface area contributed by atoms with Gasteiger partial charge in [0.1, 0.15) is 0 Å². The Morgan fingerprint density at radius 3 is 1.52 bits per heavy atom. The second-order valence-electron chi connectivity index (χ2n) is 9.32. The van der Waals surface area contributed by atoms with Gasteiger partial charge in [-0.25, -0.2) is 8.42 Å². The van der Waals surface area contributed by atoms with Gasteiger partial charge in [0, 0.05) is 52.1 Å². The van der Waals surface area contributed by atoms with E-state index in [1.807, 2.05) is 0 Å². The molecule has 3 heterocycles. The van der Waals surface area contributed by atoms with Crippen LogP contribution in [0, 0.1) is 11.8 Å². The van der Waals surface area contributed by atoms with E-state index >= 15 is 0 Å². The van der Waals surface area contributed by atoms with Crippen molar-refractivity contribution >= 4 is 21.7 Å². The third-order valence-corrected chi connectivity index (χ3v) is 8.52. The van der Waals surface area contributed by atoms with Crippen molar-refractivity contribution in [2.45, 2.75) is 25.7 Å². The molecule has 3 saturated heterocycles. The van der Waals surface area contributed by atoms with Crippen molar-refractivity contribution in [1.29, 1.82) is 0 Å². The number of ether oxygens (including phenoxy) is 2. The molecule has 3 fully saturated rings. The Bertz CT molecular complexity index is 668. The van der Waals surface area contributed by atoms with Crippen LogP contribution in [-0.4, -0.2) is 120 Å². The van der Waals surface area contributed by atoms with Crippen LogP contribution in [0.25, 0.3) is 0 Å². The minimum atomic E-state index is -3.21. The second kappa shape index (κ2) is 13.6. The zero-order valence-electron chi connectivity index (χ0n) is 19.6. The summed E-state index contributed by atoms with van der Waals surface area (Å²) in [6.45, 7) is 9.68. The van der Waals surface area contributed by atoms with Gasteiger partial charge in [0.15, 0.2) is 9.84 Å². The molecule has 10 nitrogen and oxygen atoms in total. The summed E-state index contributed by atoms with van der Waals surface area (Å²) >= 11 is 0. The Balaban J connectivity index is 1.32. The summed E-state index contributed by atoms with van der Waals surface area (Å²) in [6, 6.07) is 0. The van der Waals surface area contributed by atoms with E-state index in [9.17, 15) is 18.0 Å². The highest BCUT2D eigenvalue weighted by molar-refractivity contribution is 7.91. The molecule has 2 N–H and O–H groups in total. The van der Waals surface area contributed by atoms with Gasteiger partial charge in [-0.2, -0.15) is 0 Å². The van der Waals surface area contributed by atoms with Crippen molar-refractivity contribution in [1.82, 2.24) is 20.4 Å². The molecule has 2 atom stereocenters. The Labute approximate surface area is 197 Å². The van der Waals surface area contributed by atoms with Crippen LogP contribution in [0.15, 0.2) is 0 Å². The zero-order chi connectivity index (χ0) is 23.5. The third kappa shape index (κ3) is 9.86. The van der Waals surface area contributed by atoms with Crippen LogP contribution in [-0.2, 0) is 28.9 Å². The van der Waals surface area contributed by atoms with Gasteiger partial charge in [-0.1, -0.05) is 0 Å². The maximum absolute atomic E-state index is 12.4. The lowest BCUT2D eigenvalue weighted by molar-refractivity contribution is -0.124. The van der Waals surface area contributed by atoms with E-state index in [1.165, 1.54) is 0 Å². The number of hydrogen-bond donors (Lipinski definition) is 2. The van der Waals surface area contributed by atoms with Crippen LogP contribution >= 0.6 is 0 Å². The van der Waals surface area contributed by atoms with Crippen molar-refractivity contribution in [3.63, 3.8) is 0 Å². The summed E-state index contributed by atoms with van der Waals surface area (Å²) in [5.74, 6) is -0.876. The average molecular weight is 489 g/mol. The maximum atomic E-state index is 12.4. The number of carbonyl (C=O) groups is 2. The van der Waals surface area contributed by atoms with E-state index in [-0.39, 0.29) is 48.0 Å². The van der Waals surface area contributed by atoms with E-state index < -0.39 is 9.84 Å². The molecule has 0 aliphatic carbocycles. The molecule has 11 heteroatoms. The molecule has 3 rings (SSSR count). The molecule has 2 amide bonds. The standard InChI is InChI=1S/C22H40N4O6S/c27-21(23-3-1-5-25-7-11-31-12-8-25)15-19-17-33(29,30)18-20(19)16-22(28)24-4-2-6-26-9-13-32-14-10-26/h19-20H,1-18H2,(H,23,27)(H,24,28). The van der Waals surface area contributed by atoms with Crippen LogP contribution in [0.4, 0.5) is 0 Å². The van der Waals surface area contributed by atoms with Crippen LogP contribution in [0.1, 0.15) is 25.7 Å². The SMILES string of the molecule is O=C(CC1CS(=O)(=O)CC1CC(=O)NCCCN1CCOCC1)NCCCN1CCOCC1. The van der Waals surface area contributed by atoms with E-state index in [2.05, 4.69) is 20.4 Å². The number of amides is 2. The van der Waals surface area contributed by atoms with E-state index in [4.69, 9.17) is 9.47 Å². The van der Waals surface area contributed by atoms with Crippen molar-refractivity contribution in [2.24, 2.45) is 11.8 Å². The van der Waals surface area contributed by atoms with Gasteiger partial charge in [-0.15, -0.1) is 0 Å². The highest BCUT2D eigenvalue weighted by Gasteiger charge is 2.39. The van der Waals surface area contributed by atoms with Crippen LogP contribution in [0.5, 0.6) is 0 Å². The first-order valence-electron chi connectivity index (χ1n) is 12.3. The molecule has 0 spiro atoms. The van der Waals surface area contributed by atoms with Crippen LogP contribution < -0.4 is 10.6 Å². The lowest BCUT2D eigenvalue weighted by Crippen LogP contribution is -2.38. The fourth-order valence-electron chi connectivity index (χ4n) is 4.77. The summed E-state index contributed by atoms with van der Waals surface area (Å²) < 4.78 is 35.0. The summed E-state index contributed by atoms with van der Waals surface area (Å²) in [6.07, 6.45) is 2.02. The molecule has 3 aliphatic rings. The first kappa shape index (κ1) is 26.3. The monoisotopic (exact) mass is 488 g/mol. The van der Waals surface area contributed by atoms with E-state index in [1.54, 1.807) is 0 Å². The molecular formula is C22H40N4O6S. The van der Waals surface area contributed by atoms with Crippen molar-refractivity contribution < 1.29 is 27.5 Å². The molecule has 0 bridgehead atoms. The highest BCUT2D eigenvalue weighted by atomic mass is 32.2. The molecule has 2 unspecified atom stereocenters. The number of nitrogens with one attached hydrogen (secondary N) is 2. The molecule has 0 aromatic rings. The van der Waals surface area contributed by atoms with Gasteiger partial charge in [0.05, 0.1) is 37.9 Å². The molecule has 3 aliphatic heterocycles. The van der Waals surface area contributed by atoms with Gasteiger partial charge < -0.3 is 20.1 Å². The van der Waals surface area contributed by atoms with E-state index in [0.29, 0.717) is 13.1 Å². The van der Waals surface area contributed by atoms with Crippen molar-refractivity contribution in [2.75, 3.05) is 90.3 Å². The second-order valence-corrected chi connectivity index (χ2v) is 11.5. The maximum Gasteiger partial charge on any atom is 0.220 e. The van der Waals surface area contributed by atoms with E-state index in [0.717, 1.165) is 78.5 Å². The lowest BCUT2D eigenvalue weighted by Gasteiger charge is -2.26. The molecule has 33 heavy (non-hydrogen) atoms. The first-order valence-corrected chi connectivity index (χ1v) is 14.1. The third-order valence-electron chi connectivity index (χ3n) is 6.65. The largest absolute Gasteiger partial charge is 0.379 e. The number of nitrogens with zero attached hydrogens (tertiary/aromatic N) is 2. The Morgan fingerprint density at radius 2 is 1.12 bits per heavy atom. The number of sulfone groups is 1. The molecule has 0 radical (unpaired) electrons. The zero-order valence-corrected chi connectivity index (χ0v) is 20.5. The smallest absolute Gasteiger partial charge is 0.220 e. The summed E-state index contributed by atoms with van der Waals surface area (Å²) in [4.78, 5) is 29.4. The number of morpholine rings is 2. The summed E-state index contributed by atoms with van der Waals surface area (Å²) in [5.41, 5.74) is 0. The minimum absolute atomic E-state index is 0.0107. The van der Waals surface area contributed by atoms with Crippen molar-refractivity contribution in [3.8, 4) is 0 Å². The van der Waals surface area contributed by atoms with Crippen molar-refractivity contribution in [3.05, 3.63) is 0 Å². The number of carbonyl (C=O) groups excluding carboxylic acids is 2. The predicted octanol–water partition coefficient (Wildman–Crippen LogP) is -0.896. The fourth-order valence-corrected chi connectivity index (χ4v) is 7.00. The van der Waals surface area contributed by atoms with Gasteiger partial charge >= 0.3 is 0 Å². The Hall–Kier alpha value is -1.27. The normalized spacial score (nSPS) is 26.2. The van der Waals surface area contributed by atoms with Gasteiger partial charge in [0.2, 0.25) is 11.8 Å². The fraction of sp³-hybridized carbons (Fsp3) is 0.909. The molecule has 0 saturated carbocycles. The van der Waals surface area contributed by atoms with Crippen LogP contribution in [0.3, 0.4) is 0 Å². The molecule has 190 valence electrons. The first-order chi connectivity index (χ1) is 15.9. The molecular weight excluding hydrogens is 448 g/mol. The van der Waals surface area contributed by atoms with Gasteiger partial charge in [0.25, 0.3) is 0 Å². The number of rotatable bonds is 12. The average Bonchev–Trinajstić information content (AvgIpc) is 3.08. The lowest BCUT2D eigenvalue weighted by atomic mass is 9.89. The van der Waals surface area contributed by atoms with Gasteiger partial charge in [-0.3, -0.25) is 19.4 Å². The molecule has 0 aromatic carbocycles. The Kier molecular flexibility index (Phi) is 10.8. The van der Waals surface area contributed by atoms with Gasteiger partial charge in [-0.05, 0) is 37.8 Å². The quantitative estimate of drug-likeness (QED) is 0.340. The number of hydrogen-bond acceptors (Lipinski definition) is 8. The van der Waals surface area contributed by atoms with Crippen LogP contribution in [0.2, 0.25) is 0 Å². The highest BCUT2D eigenvalue weighted by Crippen LogP contribution is 2.30. The Morgan fingerprint density at radius 1 is 0.727 bits per heavy atom. The summed E-state index contributed by atoms with van der Waals surface area (Å²) in [7, 11) is -3.21. The predicted molar refractivity (Wildman–Crippen MR) is 125 cm³/mol. The topological polar surface area (TPSA) is 117 Å². The minimum Gasteiger partial charge on any atom is -0.379 e.